The number of hydrogen-bond acceptors (Lipinski definition) is 4. The van der Waals surface area contributed by atoms with Gasteiger partial charge in [-0.3, -0.25) is 9.59 Å². The number of nitrogens with one attached hydrogen (secondary N) is 1. The van der Waals surface area contributed by atoms with Crippen LogP contribution >= 0.6 is 0 Å². The lowest BCUT2D eigenvalue weighted by molar-refractivity contribution is -0.136. The minimum absolute atomic E-state index is 0.0365. The predicted octanol–water partition coefficient (Wildman–Crippen LogP) is 3.96. The first-order chi connectivity index (χ1) is 15.0. The molecule has 2 saturated carbocycles. The van der Waals surface area contributed by atoms with Crippen molar-refractivity contribution in [3.05, 3.63) is 59.7 Å². The highest BCUT2D eigenvalue weighted by atomic mass is 16.5. The largest absolute Gasteiger partial charge is 0.497 e. The van der Waals surface area contributed by atoms with E-state index in [-0.39, 0.29) is 29.8 Å². The van der Waals surface area contributed by atoms with Gasteiger partial charge >= 0.3 is 0 Å². The molecule has 2 aliphatic carbocycles. The van der Waals surface area contributed by atoms with Crippen LogP contribution in [0.3, 0.4) is 0 Å². The van der Waals surface area contributed by atoms with Crippen LogP contribution in [0.15, 0.2) is 48.5 Å². The second-order valence-electron chi connectivity index (χ2n) is 8.64. The monoisotopic (exact) mass is 421 g/mol. The van der Waals surface area contributed by atoms with E-state index in [9.17, 15) is 9.59 Å². The Balaban J connectivity index is 1.47. The smallest absolute Gasteiger partial charge is 0.255 e. The van der Waals surface area contributed by atoms with Gasteiger partial charge in [0.2, 0.25) is 5.91 Å². The van der Waals surface area contributed by atoms with Crippen LogP contribution in [0.25, 0.3) is 0 Å². The van der Waals surface area contributed by atoms with Gasteiger partial charge in [-0.25, -0.2) is 0 Å². The summed E-state index contributed by atoms with van der Waals surface area (Å²) < 4.78 is 5.15. The van der Waals surface area contributed by atoms with Gasteiger partial charge < -0.3 is 20.7 Å². The molecular formula is C25H31N3O3. The van der Waals surface area contributed by atoms with E-state index in [0.717, 1.165) is 44.1 Å². The number of methoxy groups -OCH3 is 1. The molecule has 2 fully saturated rings. The molecule has 0 saturated heterocycles. The van der Waals surface area contributed by atoms with Crippen molar-refractivity contribution in [1.29, 1.82) is 0 Å². The van der Waals surface area contributed by atoms with Crippen LogP contribution in [0.2, 0.25) is 0 Å². The quantitative estimate of drug-likeness (QED) is 0.709. The highest BCUT2D eigenvalue weighted by Gasteiger charge is 2.38. The Morgan fingerprint density at radius 2 is 1.81 bits per heavy atom. The molecule has 0 radical (unpaired) electrons. The van der Waals surface area contributed by atoms with Gasteiger partial charge in [0, 0.05) is 35.8 Å². The maximum Gasteiger partial charge on any atom is 0.255 e. The number of nitrogens with two attached hydrogens (primary N) is 1. The molecule has 2 amide bonds. The van der Waals surface area contributed by atoms with Gasteiger partial charge in [0.05, 0.1) is 7.11 Å². The average molecular weight is 422 g/mol. The number of anilines is 1. The van der Waals surface area contributed by atoms with E-state index in [2.05, 4.69) is 5.32 Å². The normalized spacial score (nSPS) is 20.7. The molecule has 6 nitrogen and oxygen atoms in total. The number of carbonyl (C=O) groups is 2. The van der Waals surface area contributed by atoms with E-state index in [0.29, 0.717) is 23.5 Å². The summed E-state index contributed by atoms with van der Waals surface area (Å²) in [6.07, 6.45) is 6.15. The minimum atomic E-state index is -0.181. The SMILES string of the molecule is COc1ccc(C(=O)Nc2cccc(CN(C(=O)C3CC3)C3CCCCC3N)c2)cc1. The first-order valence-corrected chi connectivity index (χ1v) is 11.2. The van der Waals surface area contributed by atoms with Gasteiger partial charge in [0.25, 0.3) is 5.91 Å². The zero-order valence-electron chi connectivity index (χ0n) is 18.0. The lowest BCUT2D eigenvalue weighted by Gasteiger charge is -2.38. The molecule has 2 aliphatic rings. The van der Waals surface area contributed by atoms with E-state index in [1.165, 1.54) is 0 Å². The molecule has 2 aromatic rings. The zero-order valence-corrected chi connectivity index (χ0v) is 18.0. The molecule has 6 heteroatoms. The van der Waals surface area contributed by atoms with E-state index < -0.39 is 0 Å². The van der Waals surface area contributed by atoms with Gasteiger partial charge in [-0.05, 0) is 67.6 Å². The van der Waals surface area contributed by atoms with Crippen molar-refractivity contribution < 1.29 is 14.3 Å². The summed E-state index contributed by atoms with van der Waals surface area (Å²) in [4.78, 5) is 27.7. The van der Waals surface area contributed by atoms with Gasteiger partial charge in [-0.1, -0.05) is 25.0 Å². The maximum absolute atomic E-state index is 13.0. The molecule has 0 heterocycles. The first-order valence-electron chi connectivity index (χ1n) is 11.2. The summed E-state index contributed by atoms with van der Waals surface area (Å²) in [5.41, 5.74) is 8.69. The zero-order chi connectivity index (χ0) is 21.8. The highest BCUT2D eigenvalue weighted by molar-refractivity contribution is 6.04. The van der Waals surface area contributed by atoms with Crippen molar-refractivity contribution in [3.8, 4) is 5.75 Å². The van der Waals surface area contributed by atoms with Crippen molar-refractivity contribution in [1.82, 2.24) is 4.90 Å². The van der Waals surface area contributed by atoms with Crippen LogP contribution < -0.4 is 15.8 Å². The molecular weight excluding hydrogens is 390 g/mol. The molecule has 3 N–H and O–H groups in total. The van der Waals surface area contributed by atoms with E-state index in [4.69, 9.17) is 10.5 Å². The number of amides is 2. The number of hydrogen-bond donors (Lipinski definition) is 2. The highest BCUT2D eigenvalue weighted by Crippen LogP contribution is 2.34. The molecule has 164 valence electrons. The second-order valence-corrected chi connectivity index (χ2v) is 8.64. The average Bonchev–Trinajstić information content (AvgIpc) is 3.63. The Hall–Kier alpha value is -2.86. The van der Waals surface area contributed by atoms with Gasteiger partial charge in [0.15, 0.2) is 0 Å². The Kier molecular flexibility index (Phi) is 6.56. The van der Waals surface area contributed by atoms with Gasteiger partial charge in [-0.2, -0.15) is 0 Å². The Bertz CT molecular complexity index is 924. The van der Waals surface area contributed by atoms with Crippen molar-refractivity contribution in [2.75, 3.05) is 12.4 Å². The van der Waals surface area contributed by atoms with Crippen LogP contribution in [0, 0.1) is 5.92 Å². The van der Waals surface area contributed by atoms with Crippen molar-refractivity contribution in [2.24, 2.45) is 11.7 Å². The van der Waals surface area contributed by atoms with Crippen molar-refractivity contribution in [2.45, 2.75) is 57.2 Å². The van der Waals surface area contributed by atoms with Gasteiger partial charge in [0.1, 0.15) is 5.75 Å². The lowest BCUT2D eigenvalue weighted by Crippen LogP contribution is -2.52. The third-order valence-electron chi connectivity index (χ3n) is 6.28. The standard InChI is InChI=1S/C25H31N3O3/c1-31-21-13-11-18(12-14-21)24(29)27-20-6-4-5-17(15-20)16-28(25(30)19-9-10-19)23-8-3-2-7-22(23)26/h4-6,11-15,19,22-23H,2-3,7-10,16,26H2,1H3,(H,27,29). The molecule has 0 bridgehead atoms. The van der Waals surface area contributed by atoms with Crippen LogP contribution in [0.4, 0.5) is 5.69 Å². The number of rotatable bonds is 7. The van der Waals surface area contributed by atoms with Crippen LogP contribution in [0.1, 0.15) is 54.4 Å². The predicted molar refractivity (Wildman–Crippen MR) is 121 cm³/mol. The lowest BCUT2D eigenvalue weighted by atomic mass is 9.89. The summed E-state index contributed by atoms with van der Waals surface area (Å²) in [5.74, 6) is 0.919. The van der Waals surface area contributed by atoms with E-state index in [1.807, 2.05) is 29.2 Å². The second kappa shape index (κ2) is 9.52. The molecule has 0 aromatic heterocycles. The Morgan fingerprint density at radius 1 is 1.06 bits per heavy atom. The molecule has 2 aromatic carbocycles. The molecule has 2 atom stereocenters. The van der Waals surface area contributed by atoms with Gasteiger partial charge in [-0.15, -0.1) is 0 Å². The van der Waals surface area contributed by atoms with Crippen LogP contribution in [-0.4, -0.2) is 35.9 Å². The topological polar surface area (TPSA) is 84.7 Å². The summed E-state index contributed by atoms with van der Waals surface area (Å²) in [6.45, 7) is 0.528. The van der Waals surface area contributed by atoms with Crippen molar-refractivity contribution in [3.63, 3.8) is 0 Å². The number of carbonyl (C=O) groups excluding carboxylic acids is 2. The number of benzene rings is 2. The summed E-state index contributed by atoms with van der Waals surface area (Å²) in [6, 6.07) is 14.9. The molecule has 4 rings (SSSR count). The number of nitrogens with zero attached hydrogens (tertiary/aromatic N) is 1. The number of ether oxygens (including phenoxy) is 1. The van der Waals surface area contributed by atoms with E-state index in [1.54, 1.807) is 31.4 Å². The van der Waals surface area contributed by atoms with Crippen LogP contribution in [0.5, 0.6) is 5.75 Å². The Labute approximate surface area is 183 Å². The molecule has 2 unspecified atom stereocenters. The van der Waals surface area contributed by atoms with Crippen molar-refractivity contribution >= 4 is 17.5 Å². The third kappa shape index (κ3) is 5.25. The molecule has 0 aliphatic heterocycles. The summed E-state index contributed by atoms with van der Waals surface area (Å²) in [5, 5.41) is 2.95. The first kappa shape index (κ1) is 21.4. The van der Waals surface area contributed by atoms with Crippen LogP contribution in [-0.2, 0) is 11.3 Å². The Morgan fingerprint density at radius 3 is 2.48 bits per heavy atom. The fraction of sp³-hybridized carbons (Fsp3) is 0.440. The fourth-order valence-electron chi connectivity index (χ4n) is 4.34. The fourth-order valence-corrected chi connectivity index (χ4v) is 4.34. The maximum atomic E-state index is 13.0. The van der Waals surface area contributed by atoms with E-state index >= 15 is 0 Å². The summed E-state index contributed by atoms with van der Waals surface area (Å²) in [7, 11) is 1.60. The molecule has 0 spiro atoms. The summed E-state index contributed by atoms with van der Waals surface area (Å²) >= 11 is 0. The molecule has 31 heavy (non-hydrogen) atoms. The minimum Gasteiger partial charge on any atom is -0.497 e. The third-order valence-corrected chi connectivity index (χ3v) is 6.28.